The maximum atomic E-state index is 12.2. The van der Waals surface area contributed by atoms with Crippen molar-refractivity contribution in [3.8, 4) is 5.69 Å². The fraction of sp³-hybridized carbons (Fsp3) is 0.250. The number of hydrogen-bond acceptors (Lipinski definition) is 4. The van der Waals surface area contributed by atoms with Gasteiger partial charge in [0.15, 0.2) is 0 Å². The molecule has 1 fully saturated rings. The molecule has 6 nitrogen and oxygen atoms in total. The van der Waals surface area contributed by atoms with Gasteiger partial charge in [-0.15, -0.1) is 0 Å². The van der Waals surface area contributed by atoms with E-state index in [2.05, 4.69) is 39.6 Å². The second kappa shape index (κ2) is 10.0. The normalized spacial score (nSPS) is 17.3. The molecule has 0 spiro atoms. The number of benzene rings is 2. The van der Waals surface area contributed by atoms with Crippen molar-refractivity contribution in [2.45, 2.75) is 12.6 Å². The van der Waals surface area contributed by atoms with Gasteiger partial charge in [0, 0.05) is 44.0 Å². The number of morpholine rings is 1. The van der Waals surface area contributed by atoms with Crippen LogP contribution in [0.5, 0.6) is 0 Å². The maximum absolute atomic E-state index is 12.2. The molecule has 3 aromatic rings. The first-order valence-corrected chi connectivity index (χ1v) is 10.2. The minimum atomic E-state index is -0.133. The fourth-order valence-corrected chi connectivity index (χ4v) is 3.48. The van der Waals surface area contributed by atoms with Crippen molar-refractivity contribution in [1.29, 1.82) is 0 Å². The van der Waals surface area contributed by atoms with Gasteiger partial charge in [0.2, 0.25) is 5.91 Å². The number of rotatable bonds is 7. The molecule has 1 aliphatic rings. The molecule has 1 saturated heterocycles. The van der Waals surface area contributed by atoms with E-state index in [0.29, 0.717) is 13.2 Å². The first kappa shape index (κ1) is 20.1. The topological polar surface area (TPSA) is 59.4 Å². The Labute approximate surface area is 176 Å². The Bertz CT molecular complexity index is 969. The first-order valence-electron chi connectivity index (χ1n) is 10.2. The Morgan fingerprint density at radius 3 is 2.70 bits per heavy atom. The van der Waals surface area contributed by atoms with Crippen LogP contribution in [0.15, 0.2) is 79.1 Å². The zero-order valence-electron chi connectivity index (χ0n) is 16.9. The monoisotopic (exact) mass is 402 g/mol. The largest absolute Gasteiger partial charge is 0.374 e. The molecule has 1 amide bonds. The highest BCUT2D eigenvalue weighted by molar-refractivity contribution is 5.91. The molecular weight excluding hydrogens is 376 g/mol. The number of para-hydroxylation sites is 1. The summed E-state index contributed by atoms with van der Waals surface area (Å²) in [6, 6.07) is 20.3. The van der Waals surface area contributed by atoms with Crippen LogP contribution < -0.4 is 5.32 Å². The van der Waals surface area contributed by atoms with E-state index in [1.165, 1.54) is 11.6 Å². The number of carbonyl (C=O) groups is 1. The van der Waals surface area contributed by atoms with Gasteiger partial charge < -0.3 is 10.1 Å². The minimum absolute atomic E-state index is 0.000595. The molecule has 2 heterocycles. The second-order valence-corrected chi connectivity index (χ2v) is 7.35. The van der Waals surface area contributed by atoms with Crippen LogP contribution in [0.25, 0.3) is 11.8 Å². The highest BCUT2D eigenvalue weighted by Crippen LogP contribution is 2.11. The molecule has 1 atom stereocenters. The molecule has 1 aliphatic heterocycles. The van der Waals surface area contributed by atoms with Crippen molar-refractivity contribution in [3.63, 3.8) is 0 Å². The zero-order chi connectivity index (χ0) is 20.6. The molecule has 30 heavy (non-hydrogen) atoms. The van der Waals surface area contributed by atoms with Crippen molar-refractivity contribution in [2.24, 2.45) is 0 Å². The molecule has 1 N–H and O–H groups in total. The van der Waals surface area contributed by atoms with Crippen LogP contribution in [0.4, 0.5) is 0 Å². The van der Waals surface area contributed by atoms with Crippen LogP contribution in [-0.2, 0) is 16.1 Å². The second-order valence-electron chi connectivity index (χ2n) is 7.35. The molecule has 1 aromatic heterocycles. The van der Waals surface area contributed by atoms with Gasteiger partial charge in [-0.1, -0.05) is 48.5 Å². The number of nitrogens with one attached hydrogen (secondary N) is 1. The minimum Gasteiger partial charge on any atom is -0.374 e. The van der Waals surface area contributed by atoms with Gasteiger partial charge in [-0.25, -0.2) is 4.68 Å². The predicted molar refractivity (Wildman–Crippen MR) is 117 cm³/mol. The Morgan fingerprint density at radius 1 is 1.13 bits per heavy atom. The predicted octanol–water partition coefficient (Wildman–Crippen LogP) is 2.90. The third kappa shape index (κ3) is 5.65. The lowest BCUT2D eigenvalue weighted by atomic mass is 10.2. The van der Waals surface area contributed by atoms with Crippen LogP contribution in [0.1, 0.15) is 11.1 Å². The number of nitrogens with zero attached hydrogens (tertiary/aromatic N) is 3. The van der Waals surface area contributed by atoms with Crippen LogP contribution >= 0.6 is 0 Å². The van der Waals surface area contributed by atoms with E-state index >= 15 is 0 Å². The SMILES string of the molecule is O=C(/C=C/c1cnn(-c2ccccc2)c1)NCC1CN(Cc2ccccc2)CCO1. The van der Waals surface area contributed by atoms with E-state index in [0.717, 1.165) is 30.9 Å². The smallest absolute Gasteiger partial charge is 0.244 e. The summed E-state index contributed by atoms with van der Waals surface area (Å²) in [7, 11) is 0. The summed E-state index contributed by atoms with van der Waals surface area (Å²) in [6.45, 7) is 3.80. The molecule has 6 heteroatoms. The van der Waals surface area contributed by atoms with Crippen LogP contribution in [0, 0.1) is 0 Å². The summed E-state index contributed by atoms with van der Waals surface area (Å²) in [5, 5.41) is 7.28. The standard InChI is InChI=1S/C24H26N4O2/c29-24(12-11-21-15-26-28(18-21)22-9-5-2-6-10-22)25-16-23-19-27(13-14-30-23)17-20-7-3-1-4-8-20/h1-12,15,18,23H,13-14,16-17,19H2,(H,25,29)/b12-11+. The van der Waals surface area contributed by atoms with E-state index in [4.69, 9.17) is 4.74 Å². The van der Waals surface area contributed by atoms with E-state index in [-0.39, 0.29) is 12.0 Å². The molecule has 0 saturated carbocycles. The Balaban J connectivity index is 1.24. The molecule has 4 rings (SSSR count). The molecule has 0 radical (unpaired) electrons. The van der Waals surface area contributed by atoms with Gasteiger partial charge in [0.25, 0.3) is 0 Å². The Hall–Kier alpha value is -3.22. The van der Waals surface area contributed by atoms with Gasteiger partial charge in [-0.05, 0) is 23.8 Å². The molecular formula is C24H26N4O2. The van der Waals surface area contributed by atoms with E-state index < -0.39 is 0 Å². The lowest BCUT2D eigenvalue weighted by Gasteiger charge is -2.33. The van der Waals surface area contributed by atoms with Crippen molar-refractivity contribution >= 4 is 12.0 Å². The quantitative estimate of drug-likeness (QED) is 0.618. The third-order valence-electron chi connectivity index (χ3n) is 5.03. The summed E-state index contributed by atoms with van der Waals surface area (Å²) in [4.78, 5) is 14.6. The van der Waals surface area contributed by atoms with Crippen molar-refractivity contribution in [1.82, 2.24) is 20.0 Å². The summed E-state index contributed by atoms with van der Waals surface area (Å²) < 4.78 is 7.60. The lowest BCUT2D eigenvalue weighted by molar-refractivity contribution is -0.117. The van der Waals surface area contributed by atoms with Crippen molar-refractivity contribution in [3.05, 3.63) is 90.3 Å². The third-order valence-corrected chi connectivity index (χ3v) is 5.03. The fourth-order valence-electron chi connectivity index (χ4n) is 3.48. The van der Waals surface area contributed by atoms with Gasteiger partial charge in [-0.2, -0.15) is 5.10 Å². The van der Waals surface area contributed by atoms with Crippen molar-refractivity contribution in [2.75, 3.05) is 26.2 Å². The number of carbonyl (C=O) groups excluding carboxylic acids is 1. The number of hydrogen-bond donors (Lipinski definition) is 1. The highest BCUT2D eigenvalue weighted by atomic mass is 16.5. The van der Waals surface area contributed by atoms with Gasteiger partial charge in [0.05, 0.1) is 24.6 Å². The molecule has 0 aliphatic carbocycles. The number of amides is 1. The van der Waals surface area contributed by atoms with Crippen LogP contribution in [0.3, 0.4) is 0 Å². The Morgan fingerprint density at radius 2 is 1.90 bits per heavy atom. The van der Waals surface area contributed by atoms with Gasteiger partial charge in [-0.3, -0.25) is 9.69 Å². The van der Waals surface area contributed by atoms with E-state index in [1.54, 1.807) is 17.0 Å². The molecule has 0 bridgehead atoms. The van der Waals surface area contributed by atoms with Crippen LogP contribution in [0.2, 0.25) is 0 Å². The Kier molecular flexibility index (Phi) is 6.69. The average Bonchev–Trinajstić information content (AvgIpc) is 3.27. The van der Waals surface area contributed by atoms with Gasteiger partial charge in [0.1, 0.15) is 0 Å². The summed E-state index contributed by atoms with van der Waals surface area (Å²) in [5.74, 6) is -0.133. The summed E-state index contributed by atoms with van der Waals surface area (Å²) in [6.07, 6.45) is 6.94. The van der Waals surface area contributed by atoms with E-state index in [1.807, 2.05) is 42.6 Å². The van der Waals surface area contributed by atoms with E-state index in [9.17, 15) is 4.79 Å². The number of aromatic nitrogens is 2. The number of ether oxygens (including phenoxy) is 1. The summed E-state index contributed by atoms with van der Waals surface area (Å²) >= 11 is 0. The van der Waals surface area contributed by atoms with Gasteiger partial charge >= 0.3 is 0 Å². The zero-order valence-corrected chi connectivity index (χ0v) is 16.9. The van der Waals surface area contributed by atoms with Crippen LogP contribution in [-0.4, -0.2) is 52.9 Å². The summed E-state index contributed by atoms with van der Waals surface area (Å²) in [5.41, 5.74) is 3.15. The lowest BCUT2D eigenvalue weighted by Crippen LogP contribution is -2.46. The molecule has 2 aromatic carbocycles. The molecule has 154 valence electrons. The average molecular weight is 402 g/mol. The van der Waals surface area contributed by atoms with Crippen molar-refractivity contribution < 1.29 is 9.53 Å². The first-order chi connectivity index (χ1) is 14.8. The highest BCUT2D eigenvalue weighted by Gasteiger charge is 2.20. The maximum Gasteiger partial charge on any atom is 0.244 e. The molecule has 1 unspecified atom stereocenters.